The van der Waals surface area contributed by atoms with Crippen molar-refractivity contribution in [3.8, 4) is 0 Å². The molecular formula is C22H21NO2. The second-order valence-electron chi connectivity index (χ2n) is 7.71. The smallest absolute Gasteiger partial charge is 0.233 e. The van der Waals surface area contributed by atoms with Crippen molar-refractivity contribution in [2.45, 2.75) is 25.3 Å². The van der Waals surface area contributed by atoms with Crippen LogP contribution in [-0.2, 0) is 16.1 Å². The maximum atomic E-state index is 13.1. The number of fused-ring (bicyclic) bond motifs is 5. The summed E-state index contributed by atoms with van der Waals surface area (Å²) in [5.41, 5.74) is 2.35. The standard InChI is InChI=1S/C22H21NO2/c24-21-19-16-11-17(15-9-5-2-6-10-15)18(12-16)20(19)22(25)23(21)13-14-7-3-1-4-8-14/h1-10,16-20H,11-13H2/t16-,17-,18-,19+,20+/m1/s1. The number of carbonyl (C=O) groups excluding carboxylic acids is 2. The van der Waals surface area contributed by atoms with Gasteiger partial charge in [0.25, 0.3) is 0 Å². The first-order valence-corrected chi connectivity index (χ1v) is 9.18. The molecule has 2 bridgehead atoms. The van der Waals surface area contributed by atoms with Gasteiger partial charge in [0, 0.05) is 0 Å². The van der Waals surface area contributed by atoms with Gasteiger partial charge in [-0.15, -0.1) is 0 Å². The topological polar surface area (TPSA) is 37.4 Å². The minimum Gasteiger partial charge on any atom is -0.278 e. The molecule has 0 radical (unpaired) electrons. The number of rotatable bonds is 3. The third kappa shape index (κ3) is 2.18. The molecule has 0 spiro atoms. The van der Waals surface area contributed by atoms with Gasteiger partial charge in [0.05, 0.1) is 18.4 Å². The molecule has 1 saturated heterocycles. The van der Waals surface area contributed by atoms with Crippen LogP contribution in [0.4, 0.5) is 0 Å². The Bertz CT molecular complexity index is 816. The van der Waals surface area contributed by atoms with Gasteiger partial charge in [-0.05, 0) is 41.7 Å². The molecule has 5 atom stereocenters. The number of carbonyl (C=O) groups is 2. The van der Waals surface area contributed by atoms with E-state index in [1.54, 1.807) is 0 Å². The molecule has 0 N–H and O–H groups in total. The number of nitrogens with zero attached hydrogens (tertiary/aromatic N) is 1. The SMILES string of the molecule is O=C1[C@H]2[C@H]3C[C@@H]([C@@H]2C(=O)N1Cc1ccccc1)[C@@H](c1ccccc1)C3. The second kappa shape index (κ2) is 5.55. The molecule has 5 rings (SSSR count). The number of hydrogen-bond acceptors (Lipinski definition) is 2. The average molecular weight is 331 g/mol. The summed E-state index contributed by atoms with van der Waals surface area (Å²) in [5.74, 6) is 1.10. The van der Waals surface area contributed by atoms with Crippen LogP contribution in [0.1, 0.15) is 29.9 Å². The van der Waals surface area contributed by atoms with Crippen LogP contribution in [0.5, 0.6) is 0 Å². The van der Waals surface area contributed by atoms with Gasteiger partial charge in [0.15, 0.2) is 0 Å². The van der Waals surface area contributed by atoms with Crippen LogP contribution in [0.2, 0.25) is 0 Å². The van der Waals surface area contributed by atoms with Crippen molar-refractivity contribution in [3.05, 3.63) is 71.8 Å². The second-order valence-corrected chi connectivity index (χ2v) is 7.71. The van der Waals surface area contributed by atoms with Crippen LogP contribution in [0, 0.1) is 23.7 Å². The minimum atomic E-state index is -0.0971. The van der Waals surface area contributed by atoms with E-state index in [1.165, 1.54) is 10.5 Å². The molecule has 2 aromatic carbocycles. The van der Waals surface area contributed by atoms with Crippen molar-refractivity contribution >= 4 is 11.8 Å². The molecule has 3 nitrogen and oxygen atoms in total. The molecule has 2 aliphatic carbocycles. The Hall–Kier alpha value is -2.42. The molecule has 2 saturated carbocycles. The van der Waals surface area contributed by atoms with Crippen LogP contribution in [-0.4, -0.2) is 16.7 Å². The summed E-state index contributed by atoms with van der Waals surface area (Å²) in [6, 6.07) is 20.3. The summed E-state index contributed by atoms with van der Waals surface area (Å²) < 4.78 is 0. The van der Waals surface area contributed by atoms with Crippen LogP contribution in [0.15, 0.2) is 60.7 Å². The summed E-state index contributed by atoms with van der Waals surface area (Å²) in [7, 11) is 0. The predicted octanol–water partition coefficient (Wildman–Crippen LogP) is 3.61. The van der Waals surface area contributed by atoms with Gasteiger partial charge in [-0.2, -0.15) is 0 Å². The molecule has 2 amide bonds. The van der Waals surface area contributed by atoms with Gasteiger partial charge < -0.3 is 0 Å². The van der Waals surface area contributed by atoms with E-state index in [4.69, 9.17) is 0 Å². The van der Waals surface area contributed by atoms with Crippen molar-refractivity contribution in [2.75, 3.05) is 0 Å². The van der Waals surface area contributed by atoms with Crippen LogP contribution in [0.25, 0.3) is 0 Å². The molecule has 1 heterocycles. The number of imide groups is 1. The third-order valence-corrected chi connectivity index (χ3v) is 6.52. The van der Waals surface area contributed by atoms with Gasteiger partial charge >= 0.3 is 0 Å². The van der Waals surface area contributed by atoms with E-state index in [1.807, 2.05) is 36.4 Å². The monoisotopic (exact) mass is 331 g/mol. The van der Waals surface area contributed by atoms with Crippen molar-refractivity contribution in [3.63, 3.8) is 0 Å². The Kier molecular flexibility index (Phi) is 3.30. The van der Waals surface area contributed by atoms with Crippen molar-refractivity contribution in [2.24, 2.45) is 23.7 Å². The minimum absolute atomic E-state index is 0.0620. The average Bonchev–Trinajstić information content (AvgIpc) is 3.31. The lowest BCUT2D eigenvalue weighted by Crippen LogP contribution is -2.32. The highest BCUT2D eigenvalue weighted by Crippen LogP contribution is 2.61. The highest BCUT2D eigenvalue weighted by molar-refractivity contribution is 6.06. The molecule has 25 heavy (non-hydrogen) atoms. The molecule has 1 aliphatic heterocycles. The Morgan fingerprint density at radius 2 is 1.44 bits per heavy atom. The lowest BCUT2D eigenvalue weighted by molar-refractivity contribution is -0.141. The number of likely N-dealkylation sites (tertiary alicyclic amines) is 1. The fourth-order valence-corrected chi connectivity index (χ4v) is 5.53. The Labute approximate surface area is 147 Å². The zero-order chi connectivity index (χ0) is 17.0. The van der Waals surface area contributed by atoms with Crippen molar-refractivity contribution in [1.82, 2.24) is 4.90 Å². The highest BCUT2D eigenvalue weighted by atomic mass is 16.2. The molecule has 3 fully saturated rings. The maximum Gasteiger partial charge on any atom is 0.233 e. The van der Waals surface area contributed by atoms with E-state index < -0.39 is 0 Å². The van der Waals surface area contributed by atoms with Gasteiger partial charge in [-0.1, -0.05) is 60.7 Å². The zero-order valence-corrected chi connectivity index (χ0v) is 14.0. The number of amides is 2. The Balaban J connectivity index is 1.42. The molecule has 0 unspecified atom stereocenters. The maximum absolute atomic E-state index is 13.1. The highest BCUT2D eigenvalue weighted by Gasteiger charge is 2.63. The van der Waals surface area contributed by atoms with Gasteiger partial charge in [0.2, 0.25) is 11.8 Å². The Morgan fingerprint density at radius 1 is 0.800 bits per heavy atom. The van der Waals surface area contributed by atoms with Gasteiger partial charge in [-0.3, -0.25) is 14.5 Å². The molecule has 2 aromatic rings. The van der Waals surface area contributed by atoms with E-state index in [-0.39, 0.29) is 23.7 Å². The molecule has 126 valence electrons. The predicted molar refractivity (Wildman–Crippen MR) is 94.4 cm³/mol. The van der Waals surface area contributed by atoms with Gasteiger partial charge in [-0.25, -0.2) is 0 Å². The Morgan fingerprint density at radius 3 is 2.16 bits per heavy atom. The largest absolute Gasteiger partial charge is 0.278 e. The quantitative estimate of drug-likeness (QED) is 0.806. The molecular weight excluding hydrogens is 310 g/mol. The van der Waals surface area contributed by atoms with E-state index in [0.29, 0.717) is 24.3 Å². The summed E-state index contributed by atoms with van der Waals surface area (Å²) >= 11 is 0. The zero-order valence-electron chi connectivity index (χ0n) is 14.0. The number of benzene rings is 2. The fourth-order valence-electron chi connectivity index (χ4n) is 5.53. The third-order valence-electron chi connectivity index (χ3n) is 6.52. The van der Waals surface area contributed by atoms with Crippen molar-refractivity contribution in [1.29, 1.82) is 0 Å². The van der Waals surface area contributed by atoms with Crippen LogP contribution < -0.4 is 0 Å². The van der Waals surface area contributed by atoms with Crippen molar-refractivity contribution < 1.29 is 9.59 Å². The first-order valence-electron chi connectivity index (χ1n) is 9.18. The van der Waals surface area contributed by atoms with Crippen LogP contribution >= 0.6 is 0 Å². The lowest BCUT2D eigenvalue weighted by Gasteiger charge is -2.28. The first kappa shape index (κ1) is 14.9. The van der Waals surface area contributed by atoms with E-state index in [0.717, 1.165) is 18.4 Å². The van der Waals surface area contributed by atoms with E-state index in [9.17, 15) is 9.59 Å². The van der Waals surface area contributed by atoms with Gasteiger partial charge in [0.1, 0.15) is 0 Å². The molecule has 3 aliphatic rings. The number of hydrogen-bond donors (Lipinski definition) is 0. The summed E-state index contributed by atoms with van der Waals surface area (Å²) in [4.78, 5) is 27.5. The van der Waals surface area contributed by atoms with Crippen LogP contribution in [0.3, 0.4) is 0 Å². The summed E-state index contributed by atoms with van der Waals surface area (Å²) in [6.07, 6.45) is 2.08. The lowest BCUT2D eigenvalue weighted by atomic mass is 9.73. The summed E-state index contributed by atoms with van der Waals surface area (Å²) in [5, 5.41) is 0. The van der Waals surface area contributed by atoms with E-state index in [2.05, 4.69) is 24.3 Å². The first-order chi connectivity index (χ1) is 12.2. The fraction of sp³-hybridized carbons (Fsp3) is 0.364. The van der Waals surface area contributed by atoms with E-state index >= 15 is 0 Å². The normalized spacial score (nSPS) is 33.1. The molecule has 3 heteroatoms. The summed E-state index contributed by atoms with van der Waals surface area (Å²) in [6.45, 7) is 0.418. The molecule has 0 aromatic heterocycles.